The predicted octanol–water partition coefficient (Wildman–Crippen LogP) is 2.15. The lowest BCUT2D eigenvalue weighted by atomic mass is 10.3. The molecule has 0 aliphatic rings. The zero-order valence-electron chi connectivity index (χ0n) is 11.7. The van der Waals surface area contributed by atoms with Crippen LogP contribution < -0.4 is 5.56 Å². The van der Waals surface area contributed by atoms with Gasteiger partial charge in [-0.3, -0.25) is 9.36 Å². The molecule has 4 aromatic rings. The minimum atomic E-state index is -0.0655. The fourth-order valence-corrected chi connectivity index (χ4v) is 3.46. The van der Waals surface area contributed by atoms with Crippen LogP contribution in [0, 0.1) is 6.92 Å². The lowest BCUT2D eigenvalue weighted by molar-refractivity contribution is 0.728. The monoisotopic (exact) mass is 309 g/mol. The summed E-state index contributed by atoms with van der Waals surface area (Å²) in [6, 6.07) is 5.69. The molecule has 0 saturated carbocycles. The van der Waals surface area contributed by atoms with E-state index in [4.69, 9.17) is 0 Å². The van der Waals surface area contributed by atoms with E-state index >= 15 is 0 Å². The summed E-state index contributed by atoms with van der Waals surface area (Å²) in [5.74, 6) is 0. The molecule has 0 radical (unpaired) electrons. The Morgan fingerprint density at radius 2 is 2.14 bits per heavy atom. The van der Waals surface area contributed by atoms with Gasteiger partial charge in [0.2, 0.25) is 0 Å². The summed E-state index contributed by atoms with van der Waals surface area (Å²) in [7, 11) is 0. The van der Waals surface area contributed by atoms with Crippen LogP contribution in [0.4, 0.5) is 0 Å². The summed E-state index contributed by atoms with van der Waals surface area (Å²) >= 11 is 1.39. The molecule has 0 atom stereocenters. The summed E-state index contributed by atoms with van der Waals surface area (Å²) in [5, 5.41) is 0.928. The normalized spacial score (nSPS) is 11.3. The molecule has 0 aromatic carbocycles. The van der Waals surface area contributed by atoms with Gasteiger partial charge in [-0.1, -0.05) is 0 Å². The van der Waals surface area contributed by atoms with E-state index in [9.17, 15) is 4.79 Å². The molecule has 0 saturated heterocycles. The lowest BCUT2D eigenvalue weighted by Gasteiger charge is -2.03. The fraction of sp³-hybridized carbons (Fsp3) is 0.133. The molecule has 0 aliphatic carbocycles. The van der Waals surface area contributed by atoms with Gasteiger partial charge in [0.15, 0.2) is 0 Å². The molecule has 4 rings (SSSR count). The van der Waals surface area contributed by atoms with E-state index in [1.165, 1.54) is 17.7 Å². The van der Waals surface area contributed by atoms with Gasteiger partial charge in [0.05, 0.1) is 24.1 Å². The molecule has 0 bridgehead atoms. The van der Waals surface area contributed by atoms with E-state index in [-0.39, 0.29) is 5.56 Å². The molecular formula is C15H11N5OS. The van der Waals surface area contributed by atoms with Crippen LogP contribution in [0.1, 0.15) is 11.4 Å². The number of fused-ring (bicyclic) bond motifs is 3. The zero-order valence-corrected chi connectivity index (χ0v) is 12.5. The van der Waals surface area contributed by atoms with Crippen LogP contribution in [0.25, 0.3) is 20.4 Å². The molecule has 108 valence electrons. The van der Waals surface area contributed by atoms with Gasteiger partial charge in [-0.2, -0.15) is 0 Å². The van der Waals surface area contributed by atoms with Crippen molar-refractivity contribution in [2.45, 2.75) is 13.5 Å². The second-order valence-electron chi connectivity index (χ2n) is 4.96. The van der Waals surface area contributed by atoms with Crippen LogP contribution in [0.5, 0.6) is 0 Å². The summed E-state index contributed by atoms with van der Waals surface area (Å²) in [5.41, 5.74) is 2.36. The van der Waals surface area contributed by atoms with Crippen molar-refractivity contribution in [1.29, 1.82) is 0 Å². The van der Waals surface area contributed by atoms with Crippen LogP contribution in [-0.2, 0) is 6.54 Å². The Labute approximate surface area is 129 Å². The van der Waals surface area contributed by atoms with Gasteiger partial charge in [0.1, 0.15) is 15.9 Å². The number of hydrogen-bond donors (Lipinski definition) is 0. The Morgan fingerprint density at radius 1 is 1.23 bits per heavy atom. The third kappa shape index (κ3) is 2.06. The molecule has 0 amide bonds. The largest absolute Gasteiger partial charge is 0.292 e. The van der Waals surface area contributed by atoms with Crippen molar-refractivity contribution in [1.82, 2.24) is 24.5 Å². The van der Waals surface area contributed by atoms with Gasteiger partial charge in [0.25, 0.3) is 5.56 Å². The van der Waals surface area contributed by atoms with Crippen LogP contribution in [0.2, 0.25) is 0 Å². The average Bonchev–Trinajstić information content (AvgIpc) is 2.89. The molecule has 22 heavy (non-hydrogen) atoms. The quantitative estimate of drug-likeness (QED) is 0.567. The van der Waals surface area contributed by atoms with Gasteiger partial charge in [0, 0.05) is 17.3 Å². The number of hydrogen-bond acceptors (Lipinski definition) is 6. The van der Waals surface area contributed by atoms with Gasteiger partial charge in [-0.15, -0.1) is 11.3 Å². The first-order valence-corrected chi connectivity index (χ1v) is 7.54. The highest BCUT2D eigenvalue weighted by atomic mass is 32.1. The van der Waals surface area contributed by atoms with Gasteiger partial charge < -0.3 is 0 Å². The van der Waals surface area contributed by atoms with Crippen molar-refractivity contribution >= 4 is 31.8 Å². The maximum absolute atomic E-state index is 12.6. The third-order valence-corrected chi connectivity index (χ3v) is 4.50. The van der Waals surface area contributed by atoms with E-state index in [1.807, 2.05) is 19.1 Å². The second-order valence-corrected chi connectivity index (χ2v) is 5.96. The molecule has 7 heteroatoms. The molecule has 0 fully saturated rings. The maximum atomic E-state index is 12.6. The molecule has 6 nitrogen and oxygen atoms in total. The number of thiophene rings is 1. The molecule has 0 N–H and O–H groups in total. The SMILES string of the molecule is Cc1ccc2c(n1)sc1c(=O)n(Cc3ccncn3)cnc12. The standard InChI is InChI=1S/C15H11N5OS/c1-9-2-3-11-12-13(22-14(11)19-9)15(21)20(8-18-12)6-10-4-5-16-7-17-10/h2-5,7-8H,6H2,1H3. The van der Waals surface area contributed by atoms with Gasteiger partial charge in [-0.05, 0) is 25.1 Å². The molecule has 0 unspecified atom stereocenters. The Morgan fingerprint density at radius 3 is 2.95 bits per heavy atom. The topological polar surface area (TPSA) is 73.6 Å². The van der Waals surface area contributed by atoms with Gasteiger partial charge >= 0.3 is 0 Å². The maximum Gasteiger partial charge on any atom is 0.271 e. The van der Waals surface area contributed by atoms with Crippen molar-refractivity contribution in [3.8, 4) is 0 Å². The third-order valence-electron chi connectivity index (χ3n) is 3.43. The Bertz CT molecular complexity index is 1040. The van der Waals surface area contributed by atoms with Crippen molar-refractivity contribution in [2.24, 2.45) is 0 Å². The van der Waals surface area contributed by atoms with Crippen LogP contribution in [0.3, 0.4) is 0 Å². The lowest BCUT2D eigenvalue weighted by Crippen LogP contribution is -2.20. The number of pyridine rings is 1. The molecule has 4 heterocycles. The van der Waals surface area contributed by atoms with Crippen molar-refractivity contribution in [3.05, 3.63) is 58.8 Å². The summed E-state index contributed by atoms with van der Waals surface area (Å²) in [6.45, 7) is 2.32. The highest BCUT2D eigenvalue weighted by Gasteiger charge is 2.12. The number of nitrogens with zero attached hydrogens (tertiary/aromatic N) is 5. The van der Waals surface area contributed by atoms with Crippen LogP contribution >= 0.6 is 11.3 Å². The smallest absolute Gasteiger partial charge is 0.271 e. The van der Waals surface area contributed by atoms with E-state index in [2.05, 4.69) is 19.9 Å². The van der Waals surface area contributed by atoms with Gasteiger partial charge in [-0.25, -0.2) is 19.9 Å². The van der Waals surface area contributed by atoms with E-state index in [1.54, 1.807) is 23.2 Å². The van der Waals surface area contributed by atoms with E-state index in [0.29, 0.717) is 11.2 Å². The molecule has 0 spiro atoms. The first-order chi connectivity index (χ1) is 10.7. The number of aromatic nitrogens is 5. The Kier molecular flexibility index (Phi) is 2.93. The molecule has 0 aliphatic heterocycles. The minimum Gasteiger partial charge on any atom is -0.292 e. The van der Waals surface area contributed by atoms with Crippen molar-refractivity contribution in [2.75, 3.05) is 0 Å². The molecule has 4 aromatic heterocycles. The second kappa shape index (κ2) is 4.96. The summed E-state index contributed by atoms with van der Waals surface area (Å²) in [4.78, 5) is 30.4. The van der Waals surface area contributed by atoms with Crippen molar-refractivity contribution < 1.29 is 0 Å². The Hall–Kier alpha value is -2.67. The first kappa shape index (κ1) is 13.0. The van der Waals surface area contributed by atoms with E-state index in [0.717, 1.165) is 27.1 Å². The zero-order chi connectivity index (χ0) is 15.1. The summed E-state index contributed by atoms with van der Waals surface area (Å²) in [6.07, 6.45) is 4.70. The predicted molar refractivity (Wildman–Crippen MR) is 85.1 cm³/mol. The summed E-state index contributed by atoms with van der Waals surface area (Å²) < 4.78 is 2.19. The first-order valence-electron chi connectivity index (χ1n) is 6.72. The van der Waals surface area contributed by atoms with E-state index < -0.39 is 0 Å². The number of aryl methyl sites for hydroxylation is 1. The molecular weight excluding hydrogens is 298 g/mol. The highest BCUT2D eigenvalue weighted by molar-refractivity contribution is 7.25. The van der Waals surface area contributed by atoms with Crippen molar-refractivity contribution in [3.63, 3.8) is 0 Å². The average molecular weight is 309 g/mol. The Balaban J connectivity index is 1.90. The minimum absolute atomic E-state index is 0.0655. The fourth-order valence-electron chi connectivity index (χ4n) is 2.34. The number of rotatable bonds is 2. The highest BCUT2D eigenvalue weighted by Crippen LogP contribution is 2.28. The van der Waals surface area contributed by atoms with Crippen LogP contribution in [-0.4, -0.2) is 24.5 Å². The van der Waals surface area contributed by atoms with Crippen LogP contribution in [0.15, 0.2) is 41.8 Å².